The van der Waals surface area contributed by atoms with E-state index in [-0.39, 0.29) is 17.8 Å². The Morgan fingerprint density at radius 1 is 1.64 bits per heavy atom. The molecule has 0 spiro atoms. The summed E-state index contributed by atoms with van der Waals surface area (Å²) in [5.41, 5.74) is 1.17. The fraction of sp³-hybridized carbons (Fsp3) is 0.500. The molecule has 1 heterocycles. The van der Waals surface area contributed by atoms with Crippen molar-refractivity contribution in [2.45, 2.75) is 26.4 Å². The van der Waals surface area contributed by atoms with Crippen molar-refractivity contribution in [1.82, 2.24) is 4.90 Å². The lowest BCUT2D eigenvalue weighted by molar-refractivity contribution is -0.130. The molecule has 0 aliphatic heterocycles. The number of carbonyl (C=O) groups excluding carboxylic acids is 1. The van der Waals surface area contributed by atoms with Gasteiger partial charge in [-0.2, -0.15) is 11.3 Å². The number of hydrogen-bond acceptors (Lipinski definition) is 2. The lowest BCUT2D eigenvalue weighted by atomic mass is 10.2. The molecule has 1 aromatic heterocycles. The molecule has 1 rings (SSSR count). The minimum atomic E-state index is -0.00660. The summed E-state index contributed by atoms with van der Waals surface area (Å²) in [4.78, 5) is 13.3. The molecule has 0 aliphatic rings. The molecular formula is C10H14ClNOS. The average Bonchev–Trinajstić information content (AvgIpc) is 2.65. The van der Waals surface area contributed by atoms with Crippen molar-refractivity contribution < 1.29 is 4.79 Å². The number of thiophene rings is 1. The molecule has 14 heavy (non-hydrogen) atoms. The monoisotopic (exact) mass is 231 g/mol. The molecular weight excluding hydrogens is 218 g/mol. The first-order valence-electron chi connectivity index (χ1n) is 4.51. The van der Waals surface area contributed by atoms with Crippen LogP contribution in [0, 0.1) is 0 Å². The van der Waals surface area contributed by atoms with Gasteiger partial charge < -0.3 is 4.90 Å². The minimum Gasteiger partial charge on any atom is -0.335 e. The highest BCUT2D eigenvalue weighted by Crippen LogP contribution is 2.12. The second-order valence-electron chi connectivity index (χ2n) is 3.38. The third-order valence-corrected chi connectivity index (χ3v) is 2.95. The normalized spacial score (nSPS) is 10.6. The molecule has 0 aromatic carbocycles. The van der Waals surface area contributed by atoms with Crippen LogP contribution in [-0.4, -0.2) is 22.7 Å². The van der Waals surface area contributed by atoms with Crippen LogP contribution in [0.25, 0.3) is 0 Å². The first kappa shape index (κ1) is 11.5. The molecule has 0 saturated carbocycles. The smallest absolute Gasteiger partial charge is 0.238 e. The summed E-state index contributed by atoms with van der Waals surface area (Å²) in [6.07, 6.45) is 0. The van der Waals surface area contributed by atoms with E-state index in [0.717, 1.165) is 0 Å². The van der Waals surface area contributed by atoms with E-state index in [1.54, 1.807) is 16.2 Å². The number of nitrogens with zero attached hydrogens (tertiary/aromatic N) is 1. The van der Waals surface area contributed by atoms with Crippen molar-refractivity contribution in [2.24, 2.45) is 0 Å². The largest absolute Gasteiger partial charge is 0.335 e. The predicted molar refractivity (Wildman–Crippen MR) is 60.7 cm³/mol. The third kappa shape index (κ3) is 3.00. The van der Waals surface area contributed by atoms with E-state index in [2.05, 4.69) is 5.38 Å². The summed E-state index contributed by atoms with van der Waals surface area (Å²) in [6, 6.07) is 2.22. The van der Waals surface area contributed by atoms with E-state index in [4.69, 9.17) is 11.6 Å². The van der Waals surface area contributed by atoms with Gasteiger partial charge in [0.15, 0.2) is 0 Å². The van der Waals surface area contributed by atoms with Crippen molar-refractivity contribution in [1.29, 1.82) is 0 Å². The quantitative estimate of drug-likeness (QED) is 0.730. The molecule has 0 unspecified atom stereocenters. The minimum absolute atomic E-state index is 0.00660. The van der Waals surface area contributed by atoms with Gasteiger partial charge in [-0.3, -0.25) is 4.79 Å². The fourth-order valence-corrected chi connectivity index (χ4v) is 2.03. The summed E-state index contributed by atoms with van der Waals surface area (Å²) in [5.74, 6) is 0.0512. The van der Waals surface area contributed by atoms with Crippen LogP contribution in [0.1, 0.15) is 19.4 Å². The summed E-state index contributed by atoms with van der Waals surface area (Å²) in [5, 5.41) is 4.07. The molecule has 0 radical (unpaired) electrons. The number of rotatable bonds is 4. The van der Waals surface area contributed by atoms with Crippen LogP contribution in [0.5, 0.6) is 0 Å². The van der Waals surface area contributed by atoms with E-state index in [1.165, 1.54) is 5.56 Å². The maximum absolute atomic E-state index is 11.5. The predicted octanol–water partition coefficient (Wildman–Crippen LogP) is 2.72. The Morgan fingerprint density at radius 2 is 2.36 bits per heavy atom. The molecule has 0 bridgehead atoms. The summed E-state index contributed by atoms with van der Waals surface area (Å²) < 4.78 is 0. The van der Waals surface area contributed by atoms with Gasteiger partial charge in [0.25, 0.3) is 0 Å². The second-order valence-corrected chi connectivity index (χ2v) is 4.43. The van der Waals surface area contributed by atoms with Crippen LogP contribution >= 0.6 is 22.9 Å². The van der Waals surface area contributed by atoms with Crippen LogP contribution < -0.4 is 0 Å². The van der Waals surface area contributed by atoms with Gasteiger partial charge >= 0.3 is 0 Å². The Labute approximate surface area is 93.5 Å². The molecule has 0 saturated heterocycles. The molecule has 0 atom stereocenters. The Balaban J connectivity index is 2.65. The zero-order chi connectivity index (χ0) is 10.6. The van der Waals surface area contributed by atoms with Gasteiger partial charge in [0, 0.05) is 12.6 Å². The van der Waals surface area contributed by atoms with Crippen molar-refractivity contribution in [3.05, 3.63) is 22.4 Å². The highest BCUT2D eigenvalue weighted by molar-refractivity contribution is 7.07. The van der Waals surface area contributed by atoms with Crippen LogP contribution in [0.3, 0.4) is 0 Å². The Morgan fingerprint density at radius 3 is 2.79 bits per heavy atom. The maximum Gasteiger partial charge on any atom is 0.238 e. The molecule has 0 aliphatic carbocycles. The van der Waals surface area contributed by atoms with E-state index in [0.29, 0.717) is 6.54 Å². The first-order valence-corrected chi connectivity index (χ1v) is 5.99. The van der Waals surface area contributed by atoms with Gasteiger partial charge in [0.05, 0.1) is 0 Å². The SMILES string of the molecule is CC(C)N(Cc1ccsc1)C(=O)CCl. The maximum atomic E-state index is 11.5. The van der Waals surface area contributed by atoms with Gasteiger partial charge in [-0.1, -0.05) is 0 Å². The van der Waals surface area contributed by atoms with Crippen LogP contribution in [0.15, 0.2) is 16.8 Å². The first-order chi connectivity index (χ1) is 6.65. The Kier molecular flexibility index (Phi) is 4.42. The lowest BCUT2D eigenvalue weighted by Crippen LogP contribution is -2.37. The van der Waals surface area contributed by atoms with Crippen molar-refractivity contribution in [3.63, 3.8) is 0 Å². The topological polar surface area (TPSA) is 20.3 Å². The summed E-state index contributed by atoms with van der Waals surface area (Å²) in [7, 11) is 0. The Bertz CT molecular complexity index is 284. The second kappa shape index (κ2) is 5.37. The van der Waals surface area contributed by atoms with Gasteiger partial charge in [-0.15, -0.1) is 11.6 Å². The zero-order valence-corrected chi connectivity index (χ0v) is 9.94. The van der Waals surface area contributed by atoms with Crippen LogP contribution in [-0.2, 0) is 11.3 Å². The van der Waals surface area contributed by atoms with Crippen LogP contribution in [0.4, 0.5) is 0 Å². The third-order valence-electron chi connectivity index (χ3n) is 1.99. The number of carbonyl (C=O) groups is 1. The molecule has 1 amide bonds. The van der Waals surface area contributed by atoms with Crippen molar-refractivity contribution in [3.8, 4) is 0 Å². The molecule has 4 heteroatoms. The van der Waals surface area contributed by atoms with Crippen LogP contribution in [0.2, 0.25) is 0 Å². The molecule has 0 fully saturated rings. The number of amides is 1. The zero-order valence-electron chi connectivity index (χ0n) is 8.37. The van der Waals surface area contributed by atoms with Gasteiger partial charge in [-0.05, 0) is 36.2 Å². The van der Waals surface area contributed by atoms with E-state index >= 15 is 0 Å². The molecule has 0 N–H and O–H groups in total. The summed E-state index contributed by atoms with van der Waals surface area (Å²) >= 11 is 7.18. The summed E-state index contributed by atoms with van der Waals surface area (Å²) in [6.45, 7) is 4.65. The molecule has 78 valence electrons. The number of hydrogen-bond donors (Lipinski definition) is 0. The van der Waals surface area contributed by atoms with E-state index < -0.39 is 0 Å². The fourth-order valence-electron chi connectivity index (χ4n) is 1.21. The highest BCUT2D eigenvalue weighted by atomic mass is 35.5. The average molecular weight is 232 g/mol. The standard InChI is InChI=1S/C10H14ClNOS/c1-8(2)12(10(13)5-11)6-9-3-4-14-7-9/h3-4,7-8H,5-6H2,1-2H3. The van der Waals surface area contributed by atoms with E-state index in [9.17, 15) is 4.79 Å². The molecule has 1 aromatic rings. The number of alkyl halides is 1. The van der Waals surface area contributed by atoms with Crippen molar-refractivity contribution in [2.75, 3.05) is 5.88 Å². The Hall–Kier alpha value is -0.540. The lowest BCUT2D eigenvalue weighted by Gasteiger charge is -2.25. The van der Waals surface area contributed by atoms with Gasteiger partial charge in [-0.25, -0.2) is 0 Å². The number of halogens is 1. The van der Waals surface area contributed by atoms with Gasteiger partial charge in [0.1, 0.15) is 5.88 Å². The van der Waals surface area contributed by atoms with Gasteiger partial charge in [0.2, 0.25) is 5.91 Å². The highest BCUT2D eigenvalue weighted by Gasteiger charge is 2.15. The van der Waals surface area contributed by atoms with E-state index in [1.807, 2.05) is 25.3 Å². The molecule has 2 nitrogen and oxygen atoms in total. The van der Waals surface area contributed by atoms with Crippen molar-refractivity contribution >= 4 is 28.8 Å².